The minimum absolute atomic E-state index is 0.730. The number of anilines is 2. The fourth-order valence-electron chi connectivity index (χ4n) is 2.57. The molecule has 1 heterocycles. The number of rotatable bonds is 6. The lowest BCUT2D eigenvalue weighted by molar-refractivity contribution is 0.289. The molecule has 1 aromatic carbocycles. The highest BCUT2D eigenvalue weighted by molar-refractivity contribution is 5.90. The van der Waals surface area contributed by atoms with Crippen molar-refractivity contribution >= 4 is 22.4 Å². The topological polar surface area (TPSA) is 67.1 Å². The van der Waals surface area contributed by atoms with Gasteiger partial charge in [-0.05, 0) is 37.6 Å². The Bertz CT molecular complexity index is 594. The molecule has 20 heavy (non-hydrogen) atoms. The number of nitrogens with two attached hydrogens (primary N) is 1. The second kappa shape index (κ2) is 5.63. The van der Waals surface area contributed by atoms with Gasteiger partial charge in [-0.25, -0.2) is 9.97 Å². The highest BCUT2D eigenvalue weighted by atomic mass is 15.2. The standard InChI is InChI=1S/C15H21N5/c1-2-20(12-4-5-12)8-7-17-15-13-6-3-11(16)9-14(13)18-10-19-15/h3,6,9-10,12H,2,4-5,7-8,16H2,1H3,(H,17,18,19). The molecule has 106 valence electrons. The molecule has 5 nitrogen and oxygen atoms in total. The summed E-state index contributed by atoms with van der Waals surface area (Å²) in [4.78, 5) is 11.1. The second-order valence-corrected chi connectivity index (χ2v) is 5.29. The maximum atomic E-state index is 5.78. The molecule has 0 atom stereocenters. The Kier molecular flexibility index (Phi) is 3.69. The van der Waals surface area contributed by atoms with Crippen molar-refractivity contribution in [3.63, 3.8) is 0 Å². The predicted molar refractivity (Wildman–Crippen MR) is 82.7 cm³/mol. The van der Waals surface area contributed by atoms with E-state index in [0.717, 1.165) is 48.1 Å². The van der Waals surface area contributed by atoms with E-state index in [4.69, 9.17) is 5.73 Å². The molecule has 1 fully saturated rings. The first-order chi connectivity index (χ1) is 9.78. The van der Waals surface area contributed by atoms with Crippen LogP contribution in [0.2, 0.25) is 0 Å². The third-order valence-electron chi connectivity index (χ3n) is 3.82. The lowest BCUT2D eigenvalue weighted by atomic mass is 10.2. The maximum Gasteiger partial charge on any atom is 0.137 e. The Morgan fingerprint density at radius 3 is 2.95 bits per heavy atom. The van der Waals surface area contributed by atoms with Crippen LogP contribution in [0.3, 0.4) is 0 Å². The van der Waals surface area contributed by atoms with Crippen LogP contribution >= 0.6 is 0 Å². The third kappa shape index (κ3) is 2.82. The van der Waals surface area contributed by atoms with Crippen LogP contribution in [-0.4, -0.2) is 40.5 Å². The van der Waals surface area contributed by atoms with Gasteiger partial charge in [0, 0.05) is 30.2 Å². The van der Waals surface area contributed by atoms with E-state index in [1.54, 1.807) is 6.33 Å². The summed E-state index contributed by atoms with van der Waals surface area (Å²) in [5.74, 6) is 0.891. The summed E-state index contributed by atoms with van der Waals surface area (Å²) in [5, 5.41) is 4.45. The summed E-state index contributed by atoms with van der Waals surface area (Å²) in [5.41, 5.74) is 7.40. The molecule has 0 bridgehead atoms. The highest BCUT2D eigenvalue weighted by Gasteiger charge is 2.27. The van der Waals surface area contributed by atoms with Gasteiger partial charge in [0.2, 0.25) is 0 Å². The van der Waals surface area contributed by atoms with Crippen molar-refractivity contribution in [1.82, 2.24) is 14.9 Å². The summed E-state index contributed by atoms with van der Waals surface area (Å²) in [6.07, 6.45) is 4.29. The molecule has 1 aromatic heterocycles. The quantitative estimate of drug-likeness (QED) is 0.788. The number of nitrogen functional groups attached to an aromatic ring is 1. The minimum Gasteiger partial charge on any atom is -0.399 e. The van der Waals surface area contributed by atoms with E-state index in [1.165, 1.54) is 12.8 Å². The van der Waals surface area contributed by atoms with Crippen molar-refractivity contribution in [2.24, 2.45) is 0 Å². The Labute approximate surface area is 119 Å². The second-order valence-electron chi connectivity index (χ2n) is 5.29. The number of fused-ring (bicyclic) bond motifs is 1. The number of nitrogens with zero attached hydrogens (tertiary/aromatic N) is 3. The Morgan fingerprint density at radius 2 is 2.20 bits per heavy atom. The van der Waals surface area contributed by atoms with E-state index in [9.17, 15) is 0 Å². The van der Waals surface area contributed by atoms with Crippen LogP contribution in [0.1, 0.15) is 19.8 Å². The monoisotopic (exact) mass is 271 g/mol. The van der Waals surface area contributed by atoms with Gasteiger partial charge < -0.3 is 11.1 Å². The third-order valence-corrected chi connectivity index (χ3v) is 3.82. The van der Waals surface area contributed by atoms with Crippen LogP contribution in [-0.2, 0) is 0 Å². The first kappa shape index (κ1) is 13.1. The van der Waals surface area contributed by atoms with Crippen LogP contribution < -0.4 is 11.1 Å². The molecule has 2 aromatic rings. The molecule has 5 heteroatoms. The van der Waals surface area contributed by atoms with Crippen molar-refractivity contribution in [2.75, 3.05) is 30.7 Å². The van der Waals surface area contributed by atoms with E-state index < -0.39 is 0 Å². The summed E-state index contributed by atoms with van der Waals surface area (Å²) in [6, 6.07) is 6.55. The molecule has 0 aliphatic heterocycles. The molecule has 1 aliphatic carbocycles. The van der Waals surface area contributed by atoms with Crippen LogP contribution in [0.15, 0.2) is 24.5 Å². The van der Waals surface area contributed by atoms with Crippen molar-refractivity contribution in [2.45, 2.75) is 25.8 Å². The van der Waals surface area contributed by atoms with Crippen molar-refractivity contribution < 1.29 is 0 Å². The average Bonchev–Trinajstić information content (AvgIpc) is 3.28. The lowest BCUT2D eigenvalue weighted by Gasteiger charge is -2.20. The largest absolute Gasteiger partial charge is 0.399 e. The number of likely N-dealkylation sites (N-methyl/N-ethyl adjacent to an activating group) is 1. The maximum absolute atomic E-state index is 5.78. The highest BCUT2D eigenvalue weighted by Crippen LogP contribution is 2.26. The molecule has 0 spiro atoms. The number of aromatic nitrogens is 2. The zero-order valence-corrected chi connectivity index (χ0v) is 11.8. The Balaban J connectivity index is 1.67. The van der Waals surface area contributed by atoms with Crippen LogP contribution in [0, 0.1) is 0 Å². The summed E-state index contributed by atoms with van der Waals surface area (Å²) >= 11 is 0. The minimum atomic E-state index is 0.730. The molecule has 0 radical (unpaired) electrons. The number of nitrogens with one attached hydrogen (secondary N) is 1. The van der Waals surface area contributed by atoms with Gasteiger partial charge in [0.05, 0.1) is 5.52 Å². The van der Waals surface area contributed by atoms with E-state index in [2.05, 4.69) is 27.1 Å². The summed E-state index contributed by atoms with van der Waals surface area (Å²) in [6.45, 7) is 5.30. The SMILES string of the molecule is CCN(CCNc1ncnc2cc(N)ccc12)C1CC1. The van der Waals surface area contributed by atoms with Gasteiger partial charge in [0.15, 0.2) is 0 Å². The molecule has 0 amide bonds. The number of hydrogen-bond donors (Lipinski definition) is 2. The Hall–Kier alpha value is -1.88. The summed E-state index contributed by atoms with van der Waals surface area (Å²) < 4.78 is 0. The average molecular weight is 271 g/mol. The molecule has 3 rings (SSSR count). The van der Waals surface area contributed by atoms with Gasteiger partial charge >= 0.3 is 0 Å². The molecule has 1 aliphatic rings. The Morgan fingerprint density at radius 1 is 1.35 bits per heavy atom. The van der Waals surface area contributed by atoms with E-state index in [1.807, 2.05) is 18.2 Å². The van der Waals surface area contributed by atoms with Crippen molar-refractivity contribution in [3.8, 4) is 0 Å². The normalized spacial score (nSPS) is 14.9. The first-order valence-corrected chi connectivity index (χ1v) is 7.26. The van der Waals surface area contributed by atoms with Gasteiger partial charge in [0.25, 0.3) is 0 Å². The summed E-state index contributed by atoms with van der Waals surface area (Å²) in [7, 11) is 0. The molecule has 0 unspecified atom stereocenters. The molecular weight excluding hydrogens is 250 g/mol. The fourth-order valence-corrected chi connectivity index (χ4v) is 2.57. The molecular formula is C15H21N5. The zero-order chi connectivity index (χ0) is 13.9. The predicted octanol–water partition coefficient (Wildman–Crippen LogP) is 2.11. The van der Waals surface area contributed by atoms with Gasteiger partial charge in [-0.2, -0.15) is 0 Å². The van der Waals surface area contributed by atoms with E-state index in [0.29, 0.717) is 0 Å². The zero-order valence-electron chi connectivity index (χ0n) is 11.8. The lowest BCUT2D eigenvalue weighted by Crippen LogP contribution is -2.31. The smallest absolute Gasteiger partial charge is 0.137 e. The molecule has 0 saturated heterocycles. The van der Waals surface area contributed by atoms with E-state index in [-0.39, 0.29) is 0 Å². The van der Waals surface area contributed by atoms with Crippen LogP contribution in [0.5, 0.6) is 0 Å². The van der Waals surface area contributed by atoms with Gasteiger partial charge in [-0.3, -0.25) is 4.90 Å². The van der Waals surface area contributed by atoms with Gasteiger partial charge in [0.1, 0.15) is 12.1 Å². The van der Waals surface area contributed by atoms with Crippen LogP contribution in [0.25, 0.3) is 10.9 Å². The number of benzene rings is 1. The van der Waals surface area contributed by atoms with Crippen molar-refractivity contribution in [3.05, 3.63) is 24.5 Å². The first-order valence-electron chi connectivity index (χ1n) is 7.26. The van der Waals surface area contributed by atoms with Crippen LogP contribution in [0.4, 0.5) is 11.5 Å². The van der Waals surface area contributed by atoms with Gasteiger partial charge in [-0.1, -0.05) is 6.92 Å². The van der Waals surface area contributed by atoms with Crippen molar-refractivity contribution in [1.29, 1.82) is 0 Å². The molecule has 1 saturated carbocycles. The fraction of sp³-hybridized carbons (Fsp3) is 0.467. The molecule has 3 N–H and O–H groups in total. The van der Waals surface area contributed by atoms with E-state index >= 15 is 0 Å². The van der Waals surface area contributed by atoms with Gasteiger partial charge in [-0.15, -0.1) is 0 Å². The number of hydrogen-bond acceptors (Lipinski definition) is 5.